The van der Waals surface area contributed by atoms with Crippen LogP contribution in [0.4, 0.5) is 0 Å². The van der Waals surface area contributed by atoms with Gasteiger partial charge in [-0.15, -0.1) is 0 Å². The van der Waals surface area contributed by atoms with Crippen LogP contribution in [-0.4, -0.2) is 22.6 Å². The first-order valence-corrected chi connectivity index (χ1v) is 6.73. The van der Waals surface area contributed by atoms with E-state index >= 15 is 0 Å². The SMILES string of the molecule is CC(C)NCc1cnc(C2COc3ccccc32)[nH]1. The summed E-state index contributed by atoms with van der Waals surface area (Å²) < 4.78 is 5.70. The van der Waals surface area contributed by atoms with E-state index in [0.29, 0.717) is 12.6 Å². The second kappa shape index (κ2) is 5.05. The van der Waals surface area contributed by atoms with Crippen LogP contribution in [0, 0.1) is 0 Å². The van der Waals surface area contributed by atoms with Crippen molar-refractivity contribution < 1.29 is 4.74 Å². The second-order valence-corrected chi connectivity index (χ2v) is 5.23. The molecule has 100 valence electrons. The smallest absolute Gasteiger partial charge is 0.123 e. The Labute approximate surface area is 113 Å². The Bertz CT molecular complexity index is 562. The zero-order chi connectivity index (χ0) is 13.2. The molecule has 0 spiro atoms. The van der Waals surface area contributed by atoms with Crippen molar-refractivity contribution in [1.82, 2.24) is 15.3 Å². The highest BCUT2D eigenvalue weighted by Crippen LogP contribution is 2.36. The van der Waals surface area contributed by atoms with Crippen LogP contribution in [-0.2, 0) is 6.54 Å². The lowest BCUT2D eigenvalue weighted by Gasteiger charge is -2.07. The summed E-state index contributed by atoms with van der Waals surface area (Å²) in [5.41, 5.74) is 2.34. The van der Waals surface area contributed by atoms with Crippen LogP contribution in [0.3, 0.4) is 0 Å². The normalized spacial score (nSPS) is 17.5. The Morgan fingerprint density at radius 3 is 3.11 bits per heavy atom. The Morgan fingerprint density at radius 2 is 2.26 bits per heavy atom. The zero-order valence-corrected chi connectivity index (χ0v) is 11.3. The van der Waals surface area contributed by atoms with Crippen molar-refractivity contribution in [3.05, 3.63) is 47.5 Å². The van der Waals surface area contributed by atoms with Gasteiger partial charge in [0.1, 0.15) is 18.2 Å². The van der Waals surface area contributed by atoms with Crippen LogP contribution in [0.5, 0.6) is 5.75 Å². The molecule has 4 heteroatoms. The molecule has 1 aromatic carbocycles. The molecule has 0 saturated carbocycles. The molecule has 1 aliphatic heterocycles. The number of H-pyrrole nitrogens is 1. The fraction of sp³-hybridized carbons (Fsp3) is 0.400. The number of benzene rings is 1. The van der Waals surface area contributed by atoms with Crippen molar-refractivity contribution in [2.45, 2.75) is 32.4 Å². The van der Waals surface area contributed by atoms with Gasteiger partial charge in [-0.1, -0.05) is 32.0 Å². The summed E-state index contributed by atoms with van der Waals surface area (Å²) in [7, 11) is 0. The van der Waals surface area contributed by atoms with Gasteiger partial charge in [-0.3, -0.25) is 0 Å². The van der Waals surface area contributed by atoms with Crippen LogP contribution >= 0.6 is 0 Å². The molecule has 0 aliphatic carbocycles. The van der Waals surface area contributed by atoms with E-state index in [0.717, 1.165) is 23.8 Å². The Kier molecular flexibility index (Phi) is 3.25. The third-order valence-corrected chi connectivity index (χ3v) is 3.38. The van der Waals surface area contributed by atoms with E-state index in [1.165, 1.54) is 5.56 Å². The van der Waals surface area contributed by atoms with Gasteiger partial charge in [0, 0.05) is 30.0 Å². The number of nitrogens with zero attached hydrogens (tertiary/aromatic N) is 1. The summed E-state index contributed by atoms with van der Waals surface area (Å²) in [5.74, 6) is 2.19. The number of hydrogen-bond acceptors (Lipinski definition) is 3. The minimum Gasteiger partial charge on any atom is -0.492 e. The van der Waals surface area contributed by atoms with Crippen molar-refractivity contribution in [3.8, 4) is 5.75 Å². The highest BCUT2D eigenvalue weighted by Gasteiger charge is 2.27. The average Bonchev–Trinajstić information content (AvgIpc) is 3.02. The number of imidazole rings is 1. The van der Waals surface area contributed by atoms with E-state index < -0.39 is 0 Å². The van der Waals surface area contributed by atoms with Gasteiger partial charge >= 0.3 is 0 Å². The quantitative estimate of drug-likeness (QED) is 0.884. The topological polar surface area (TPSA) is 49.9 Å². The van der Waals surface area contributed by atoms with Gasteiger partial charge in [-0.25, -0.2) is 4.98 Å². The van der Waals surface area contributed by atoms with Crippen LogP contribution in [0.1, 0.15) is 36.8 Å². The highest BCUT2D eigenvalue weighted by atomic mass is 16.5. The number of aromatic amines is 1. The Morgan fingerprint density at radius 1 is 1.42 bits per heavy atom. The van der Waals surface area contributed by atoms with Gasteiger partial charge in [0.05, 0.1) is 5.92 Å². The van der Waals surface area contributed by atoms with Crippen LogP contribution in [0.2, 0.25) is 0 Å². The number of para-hydroxylation sites is 1. The van der Waals surface area contributed by atoms with Crippen molar-refractivity contribution in [3.63, 3.8) is 0 Å². The molecule has 2 aromatic rings. The van der Waals surface area contributed by atoms with E-state index in [9.17, 15) is 0 Å². The summed E-state index contributed by atoms with van der Waals surface area (Å²) in [6.07, 6.45) is 1.91. The maximum absolute atomic E-state index is 5.70. The fourth-order valence-corrected chi connectivity index (χ4v) is 2.35. The maximum atomic E-state index is 5.70. The third-order valence-electron chi connectivity index (χ3n) is 3.38. The molecule has 1 aliphatic rings. The van der Waals surface area contributed by atoms with Gasteiger partial charge in [0.15, 0.2) is 0 Å². The third kappa shape index (κ3) is 2.49. The molecule has 4 nitrogen and oxygen atoms in total. The van der Waals surface area contributed by atoms with Gasteiger partial charge in [-0.05, 0) is 6.07 Å². The number of ether oxygens (including phenoxy) is 1. The molecule has 3 rings (SSSR count). The molecule has 19 heavy (non-hydrogen) atoms. The summed E-state index contributed by atoms with van der Waals surface area (Å²) in [6, 6.07) is 8.65. The molecule has 0 fully saturated rings. The standard InChI is InChI=1S/C15H19N3O/c1-10(2)16-7-11-8-17-15(18-11)13-9-19-14-6-4-3-5-12(13)14/h3-6,8,10,13,16H,7,9H2,1-2H3,(H,17,18). The lowest BCUT2D eigenvalue weighted by molar-refractivity contribution is 0.340. The monoisotopic (exact) mass is 257 g/mol. The summed E-state index contributed by atoms with van der Waals surface area (Å²) in [6.45, 7) is 5.76. The molecule has 0 radical (unpaired) electrons. The molecular formula is C15H19N3O. The van der Waals surface area contributed by atoms with Crippen molar-refractivity contribution in [1.29, 1.82) is 0 Å². The first-order valence-electron chi connectivity index (χ1n) is 6.73. The average molecular weight is 257 g/mol. The predicted molar refractivity (Wildman–Crippen MR) is 74.3 cm³/mol. The van der Waals surface area contributed by atoms with Crippen LogP contribution in [0.25, 0.3) is 0 Å². The highest BCUT2D eigenvalue weighted by molar-refractivity contribution is 5.42. The summed E-state index contributed by atoms with van der Waals surface area (Å²) >= 11 is 0. The molecule has 0 bridgehead atoms. The second-order valence-electron chi connectivity index (χ2n) is 5.23. The van der Waals surface area contributed by atoms with Crippen LogP contribution in [0.15, 0.2) is 30.5 Å². The fourth-order valence-electron chi connectivity index (χ4n) is 2.35. The number of rotatable bonds is 4. The van der Waals surface area contributed by atoms with E-state index in [1.54, 1.807) is 0 Å². The van der Waals surface area contributed by atoms with Gasteiger partial charge in [-0.2, -0.15) is 0 Å². The maximum Gasteiger partial charge on any atom is 0.123 e. The summed E-state index contributed by atoms with van der Waals surface area (Å²) in [4.78, 5) is 7.90. The molecule has 1 aromatic heterocycles. The molecular weight excluding hydrogens is 238 g/mol. The van der Waals surface area contributed by atoms with Gasteiger partial charge < -0.3 is 15.0 Å². The molecule has 1 unspecified atom stereocenters. The van der Waals surface area contributed by atoms with Crippen molar-refractivity contribution >= 4 is 0 Å². The molecule has 1 atom stereocenters. The van der Waals surface area contributed by atoms with Gasteiger partial charge in [0.25, 0.3) is 0 Å². The first kappa shape index (κ1) is 12.2. The lowest BCUT2D eigenvalue weighted by atomic mass is 10.0. The van der Waals surface area contributed by atoms with E-state index in [2.05, 4.69) is 35.2 Å². The van der Waals surface area contributed by atoms with Crippen molar-refractivity contribution in [2.75, 3.05) is 6.61 Å². The largest absolute Gasteiger partial charge is 0.492 e. The van der Waals surface area contributed by atoms with Crippen molar-refractivity contribution in [2.24, 2.45) is 0 Å². The lowest BCUT2D eigenvalue weighted by Crippen LogP contribution is -2.22. The zero-order valence-electron chi connectivity index (χ0n) is 11.3. The minimum absolute atomic E-state index is 0.226. The molecule has 0 amide bonds. The molecule has 0 saturated heterocycles. The summed E-state index contributed by atoms with van der Waals surface area (Å²) in [5, 5.41) is 3.38. The van der Waals surface area contributed by atoms with E-state index in [-0.39, 0.29) is 5.92 Å². The van der Waals surface area contributed by atoms with Gasteiger partial charge in [0.2, 0.25) is 0 Å². The number of aromatic nitrogens is 2. The Hall–Kier alpha value is -1.81. The van der Waals surface area contributed by atoms with Crippen LogP contribution < -0.4 is 10.1 Å². The molecule has 2 heterocycles. The van der Waals surface area contributed by atoms with E-state index in [1.807, 2.05) is 24.4 Å². The number of nitrogens with one attached hydrogen (secondary N) is 2. The predicted octanol–water partition coefficient (Wildman–Crippen LogP) is 2.43. The first-order chi connectivity index (χ1) is 9.24. The number of fused-ring (bicyclic) bond motifs is 1. The Balaban J connectivity index is 1.77. The molecule has 2 N–H and O–H groups in total. The number of hydrogen-bond donors (Lipinski definition) is 2. The van der Waals surface area contributed by atoms with E-state index in [4.69, 9.17) is 4.74 Å². The minimum atomic E-state index is 0.226.